The lowest BCUT2D eigenvalue weighted by molar-refractivity contribution is 0.171. The lowest BCUT2D eigenvalue weighted by Crippen LogP contribution is -2.37. The number of rotatable bonds is 5. The molecule has 8 heteroatoms. The number of likely N-dealkylation sites (N-methyl/N-ethyl adjacent to an activating group) is 1. The summed E-state index contributed by atoms with van der Waals surface area (Å²) in [4.78, 5) is 14.3. The Balaban J connectivity index is 1.64. The Hall–Kier alpha value is -2.32. The molecule has 0 bridgehead atoms. The highest BCUT2D eigenvalue weighted by Gasteiger charge is 2.18. The van der Waals surface area contributed by atoms with E-state index < -0.39 is 0 Å². The van der Waals surface area contributed by atoms with Crippen molar-refractivity contribution in [2.24, 2.45) is 0 Å². The maximum atomic E-state index is 13.1. The minimum atomic E-state index is -0.346. The van der Waals surface area contributed by atoms with Crippen LogP contribution in [0.1, 0.15) is 11.6 Å². The highest BCUT2D eigenvalue weighted by atomic mass is 79.9. The van der Waals surface area contributed by atoms with Gasteiger partial charge in [-0.15, -0.1) is 0 Å². The summed E-state index contributed by atoms with van der Waals surface area (Å²) in [5.74, 6) is 0.950. The van der Waals surface area contributed by atoms with Crippen LogP contribution in [0, 0.1) is 5.82 Å². The molecule has 1 aliphatic rings. The van der Waals surface area contributed by atoms with Crippen molar-refractivity contribution in [2.45, 2.75) is 6.04 Å². The van der Waals surface area contributed by atoms with E-state index in [-0.39, 0.29) is 17.9 Å². The summed E-state index contributed by atoms with van der Waals surface area (Å²) in [6.45, 7) is 1.34. The van der Waals surface area contributed by atoms with E-state index in [0.717, 1.165) is 5.56 Å². The molecule has 0 aromatic heterocycles. The van der Waals surface area contributed by atoms with Gasteiger partial charge in [-0.05, 0) is 47.7 Å². The SMILES string of the molecule is CN(C)C(CNC(=O)Nc1cc2c(cc1Br)OCCO2)c1ccc(F)cc1. The Kier molecular flexibility index (Phi) is 6.18. The standard InChI is InChI=1S/C19H21BrFN3O3/c1-24(2)16(12-3-5-13(21)6-4-12)11-22-19(25)23-15-10-18-17(9-14(15)20)26-7-8-27-18/h3-6,9-10,16H,7-8,11H2,1-2H3,(H2,22,23,25). The Morgan fingerprint density at radius 1 is 1.19 bits per heavy atom. The quantitative estimate of drug-likeness (QED) is 0.746. The molecule has 6 nitrogen and oxygen atoms in total. The van der Waals surface area contributed by atoms with E-state index in [0.29, 0.717) is 41.4 Å². The molecule has 144 valence electrons. The number of carbonyl (C=O) groups is 1. The summed E-state index contributed by atoms with van der Waals surface area (Å²) < 4.78 is 24.9. The van der Waals surface area contributed by atoms with Crippen LogP contribution in [0.2, 0.25) is 0 Å². The Morgan fingerprint density at radius 3 is 2.44 bits per heavy atom. The van der Waals surface area contributed by atoms with Crippen LogP contribution in [-0.4, -0.2) is 44.8 Å². The fraction of sp³-hybridized carbons (Fsp3) is 0.316. The number of fused-ring (bicyclic) bond motifs is 1. The summed E-state index contributed by atoms with van der Waals surface area (Å²) in [7, 11) is 3.82. The van der Waals surface area contributed by atoms with Gasteiger partial charge in [-0.25, -0.2) is 9.18 Å². The van der Waals surface area contributed by atoms with Crippen molar-refractivity contribution in [3.05, 3.63) is 52.3 Å². The Labute approximate surface area is 165 Å². The summed E-state index contributed by atoms with van der Waals surface area (Å²) in [6.07, 6.45) is 0. The average Bonchev–Trinajstić information content (AvgIpc) is 2.63. The number of nitrogens with one attached hydrogen (secondary N) is 2. The molecule has 1 aliphatic heterocycles. The van der Waals surface area contributed by atoms with Crippen LogP contribution in [0.5, 0.6) is 11.5 Å². The van der Waals surface area contributed by atoms with E-state index in [9.17, 15) is 9.18 Å². The molecule has 1 heterocycles. The zero-order chi connectivity index (χ0) is 19.4. The number of urea groups is 1. The molecular formula is C19H21BrFN3O3. The smallest absolute Gasteiger partial charge is 0.319 e. The van der Waals surface area contributed by atoms with Gasteiger partial charge in [0.25, 0.3) is 0 Å². The zero-order valence-electron chi connectivity index (χ0n) is 15.1. The van der Waals surface area contributed by atoms with Gasteiger partial charge in [0, 0.05) is 23.2 Å². The molecule has 1 atom stereocenters. The molecule has 0 spiro atoms. The molecule has 0 saturated carbocycles. The molecule has 0 aliphatic carbocycles. The van der Waals surface area contributed by atoms with Crippen molar-refractivity contribution in [3.8, 4) is 11.5 Å². The number of nitrogens with zero attached hydrogens (tertiary/aromatic N) is 1. The first-order chi connectivity index (χ1) is 12.9. The molecule has 2 N–H and O–H groups in total. The molecular weight excluding hydrogens is 417 g/mol. The number of amides is 2. The largest absolute Gasteiger partial charge is 0.486 e. The van der Waals surface area contributed by atoms with Crippen molar-refractivity contribution < 1.29 is 18.7 Å². The lowest BCUT2D eigenvalue weighted by atomic mass is 10.1. The fourth-order valence-corrected chi connectivity index (χ4v) is 3.22. The van der Waals surface area contributed by atoms with Crippen LogP contribution < -0.4 is 20.1 Å². The van der Waals surface area contributed by atoms with Crippen molar-refractivity contribution in [1.29, 1.82) is 0 Å². The molecule has 3 rings (SSSR count). The molecule has 1 unspecified atom stereocenters. The van der Waals surface area contributed by atoms with Gasteiger partial charge in [-0.2, -0.15) is 0 Å². The summed E-state index contributed by atoms with van der Waals surface area (Å²) in [5.41, 5.74) is 1.50. The van der Waals surface area contributed by atoms with E-state index in [4.69, 9.17) is 9.47 Å². The van der Waals surface area contributed by atoms with Crippen LogP contribution >= 0.6 is 15.9 Å². The van der Waals surface area contributed by atoms with Crippen molar-refractivity contribution in [2.75, 3.05) is 39.2 Å². The van der Waals surface area contributed by atoms with Crippen LogP contribution in [-0.2, 0) is 0 Å². The van der Waals surface area contributed by atoms with Gasteiger partial charge in [-0.3, -0.25) is 0 Å². The third-order valence-electron chi connectivity index (χ3n) is 4.21. The van der Waals surface area contributed by atoms with Crippen molar-refractivity contribution in [1.82, 2.24) is 10.2 Å². The van der Waals surface area contributed by atoms with Crippen LogP contribution in [0.25, 0.3) is 0 Å². The normalized spacial score (nSPS) is 14.0. The number of benzene rings is 2. The summed E-state index contributed by atoms with van der Waals surface area (Å²) in [6, 6.07) is 9.33. The van der Waals surface area contributed by atoms with Crippen LogP contribution in [0.15, 0.2) is 40.9 Å². The van der Waals surface area contributed by atoms with Crippen LogP contribution in [0.4, 0.5) is 14.9 Å². The van der Waals surface area contributed by atoms with Gasteiger partial charge in [0.2, 0.25) is 0 Å². The van der Waals surface area contributed by atoms with E-state index in [1.54, 1.807) is 24.3 Å². The average molecular weight is 438 g/mol. The molecule has 27 heavy (non-hydrogen) atoms. The Bertz CT molecular complexity index is 815. The number of ether oxygens (including phenoxy) is 2. The molecule has 0 fully saturated rings. The van der Waals surface area contributed by atoms with Gasteiger partial charge < -0.3 is 25.0 Å². The molecule has 2 aromatic carbocycles. The number of hydrogen-bond donors (Lipinski definition) is 2. The highest BCUT2D eigenvalue weighted by Crippen LogP contribution is 2.38. The van der Waals surface area contributed by atoms with E-state index in [1.165, 1.54) is 12.1 Å². The third kappa shape index (κ3) is 4.90. The molecule has 2 amide bonds. The van der Waals surface area contributed by atoms with Gasteiger partial charge in [-0.1, -0.05) is 12.1 Å². The zero-order valence-corrected chi connectivity index (χ0v) is 16.7. The van der Waals surface area contributed by atoms with Crippen LogP contribution in [0.3, 0.4) is 0 Å². The predicted molar refractivity (Wildman–Crippen MR) is 105 cm³/mol. The second-order valence-electron chi connectivity index (χ2n) is 6.34. The second kappa shape index (κ2) is 8.58. The fourth-order valence-electron chi connectivity index (χ4n) is 2.80. The first kappa shape index (κ1) is 19.4. The maximum absolute atomic E-state index is 13.1. The summed E-state index contributed by atoms with van der Waals surface area (Å²) >= 11 is 3.43. The van der Waals surface area contributed by atoms with Crippen molar-refractivity contribution >= 4 is 27.6 Å². The minimum absolute atomic E-state index is 0.0833. The molecule has 0 radical (unpaired) electrons. The molecule has 2 aromatic rings. The first-order valence-electron chi connectivity index (χ1n) is 8.50. The second-order valence-corrected chi connectivity index (χ2v) is 7.20. The maximum Gasteiger partial charge on any atom is 0.319 e. The van der Waals surface area contributed by atoms with Gasteiger partial charge in [0.1, 0.15) is 19.0 Å². The van der Waals surface area contributed by atoms with Gasteiger partial charge in [0.15, 0.2) is 11.5 Å². The van der Waals surface area contributed by atoms with E-state index in [2.05, 4.69) is 26.6 Å². The van der Waals surface area contributed by atoms with Gasteiger partial charge in [0.05, 0.1) is 11.7 Å². The highest BCUT2D eigenvalue weighted by molar-refractivity contribution is 9.10. The van der Waals surface area contributed by atoms with Gasteiger partial charge >= 0.3 is 6.03 Å². The lowest BCUT2D eigenvalue weighted by Gasteiger charge is -2.25. The monoisotopic (exact) mass is 437 g/mol. The third-order valence-corrected chi connectivity index (χ3v) is 4.87. The first-order valence-corrected chi connectivity index (χ1v) is 9.29. The topological polar surface area (TPSA) is 62.8 Å². The minimum Gasteiger partial charge on any atom is -0.486 e. The number of halogens is 2. The Morgan fingerprint density at radius 2 is 1.81 bits per heavy atom. The summed E-state index contributed by atoms with van der Waals surface area (Å²) in [5, 5.41) is 5.66. The molecule has 0 saturated heterocycles. The number of hydrogen-bond acceptors (Lipinski definition) is 4. The van der Waals surface area contributed by atoms with Crippen molar-refractivity contribution in [3.63, 3.8) is 0 Å². The number of anilines is 1. The van der Waals surface area contributed by atoms with E-state index in [1.807, 2.05) is 19.0 Å². The number of carbonyl (C=O) groups excluding carboxylic acids is 1. The van der Waals surface area contributed by atoms with E-state index >= 15 is 0 Å². The predicted octanol–water partition coefficient (Wildman–Crippen LogP) is 3.78.